The summed E-state index contributed by atoms with van der Waals surface area (Å²) in [5.41, 5.74) is 4.27. The van der Waals surface area contributed by atoms with Crippen molar-refractivity contribution in [3.63, 3.8) is 0 Å². The summed E-state index contributed by atoms with van der Waals surface area (Å²) in [5.74, 6) is -1.07. The lowest BCUT2D eigenvalue weighted by Gasteiger charge is -2.03. The molecule has 2 aromatic rings. The molecule has 0 aliphatic rings. The van der Waals surface area contributed by atoms with Gasteiger partial charge in [-0.1, -0.05) is 39.7 Å². The molecule has 0 amide bonds. The number of carbonyl (C=O) groups is 1. The van der Waals surface area contributed by atoms with E-state index < -0.39 is 5.97 Å². The van der Waals surface area contributed by atoms with Gasteiger partial charge >= 0.3 is 5.97 Å². The third-order valence-corrected chi connectivity index (χ3v) is 3.28. The van der Waals surface area contributed by atoms with Gasteiger partial charge in [-0.3, -0.25) is 5.43 Å². The van der Waals surface area contributed by atoms with E-state index in [4.69, 9.17) is 16.7 Å². The van der Waals surface area contributed by atoms with E-state index >= 15 is 0 Å². The molecular formula is C14H10BrClN2O2. The molecule has 0 aromatic heterocycles. The summed E-state index contributed by atoms with van der Waals surface area (Å²) < 4.78 is 0.959. The largest absolute Gasteiger partial charge is 0.478 e. The first kappa shape index (κ1) is 14.6. The normalized spacial score (nSPS) is 10.7. The summed E-state index contributed by atoms with van der Waals surface area (Å²) in [6, 6.07) is 12.2. The molecule has 2 aromatic carbocycles. The number of benzene rings is 2. The maximum absolute atomic E-state index is 11.0. The molecule has 0 saturated carbocycles. The van der Waals surface area contributed by atoms with Crippen molar-refractivity contribution >= 4 is 45.4 Å². The molecule has 2 N–H and O–H groups in total. The minimum absolute atomic E-state index is 0.0364. The van der Waals surface area contributed by atoms with Gasteiger partial charge in [0.1, 0.15) is 0 Å². The highest BCUT2D eigenvalue weighted by Crippen LogP contribution is 2.20. The number of carboxylic acid groups (broad SMARTS) is 1. The van der Waals surface area contributed by atoms with Crippen molar-refractivity contribution in [1.29, 1.82) is 0 Å². The van der Waals surface area contributed by atoms with Crippen molar-refractivity contribution < 1.29 is 9.90 Å². The molecule has 0 spiro atoms. The Bertz CT molecular complexity index is 674. The first-order chi connectivity index (χ1) is 9.56. The van der Waals surface area contributed by atoms with Crippen LogP contribution in [0.25, 0.3) is 0 Å². The molecule has 0 aliphatic carbocycles. The number of rotatable bonds is 4. The maximum Gasteiger partial charge on any atom is 0.337 e. The van der Waals surface area contributed by atoms with E-state index in [0.29, 0.717) is 5.69 Å². The molecule has 6 heteroatoms. The third-order valence-electron chi connectivity index (χ3n) is 2.45. The fraction of sp³-hybridized carbons (Fsp3) is 0. The van der Waals surface area contributed by atoms with Crippen LogP contribution in [0.15, 0.2) is 52.0 Å². The van der Waals surface area contributed by atoms with E-state index in [1.165, 1.54) is 12.1 Å². The number of halogens is 2. The van der Waals surface area contributed by atoms with Crippen LogP contribution in [-0.4, -0.2) is 17.3 Å². The van der Waals surface area contributed by atoms with Crippen molar-refractivity contribution in [2.45, 2.75) is 0 Å². The van der Waals surface area contributed by atoms with E-state index in [2.05, 4.69) is 26.5 Å². The van der Waals surface area contributed by atoms with Gasteiger partial charge in [0.25, 0.3) is 0 Å². The van der Waals surface area contributed by atoms with E-state index in [9.17, 15) is 4.79 Å². The number of hydrogen-bond donors (Lipinski definition) is 2. The SMILES string of the molecule is O=C(O)c1cc(N/N=C\c2cccc(Br)c2)ccc1Cl. The van der Waals surface area contributed by atoms with Gasteiger partial charge in [-0.15, -0.1) is 0 Å². The van der Waals surface area contributed by atoms with Gasteiger partial charge in [0.05, 0.1) is 22.5 Å². The zero-order valence-electron chi connectivity index (χ0n) is 10.2. The Hall–Kier alpha value is -1.85. The first-order valence-corrected chi connectivity index (χ1v) is 6.81. The number of nitrogens with zero attached hydrogens (tertiary/aromatic N) is 1. The Balaban J connectivity index is 2.11. The number of carboxylic acids is 1. The highest BCUT2D eigenvalue weighted by Gasteiger charge is 2.08. The molecular weight excluding hydrogens is 344 g/mol. The van der Waals surface area contributed by atoms with Crippen molar-refractivity contribution in [1.82, 2.24) is 0 Å². The molecule has 4 nitrogen and oxygen atoms in total. The van der Waals surface area contributed by atoms with Crippen LogP contribution < -0.4 is 5.43 Å². The van der Waals surface area contributed by atoms with Gasteiger partial charge in [-0.2, -0.15) is 5.10 Å². The number of hydrazone groups is 1. The molecule has 0 aliphatic heterocycles. The van der Waals surface area contributed by atoms with Crippen molar-refractivity contribution in [3.8, 4) is 0 Å². The topological polar surface area (TPSA) is 61.7 Å². The molecule has 2 rings (SSSR count). The number of hydrogen-bond acceptors (Lipinski definition) is 3. The molecule has 102 valence electrons. The second-order valence-electron chi connectivity index (χ2n) is 3.92. The van der Waals surface area contributed by atoms with Crippen LogP contribution in [0.1, 0.15) is 15.9 Å². The molecule has 0 radical (unpaired) electrons. The van der Waals surface area contributed by atoms with Gasteiger partial charge in [0, 0.05) is 4.47 Å². The van der Waals surface area contributed by atoms with Crippen molar-refractivity contribution in [3.05, 3.63) is 63.1 Å². The second kappa shape index (κ2) is 6.54. The Morgan fingerprint density at radius 1 is 1.30 bits per heavy atom. The van der Waals surface area contributed by atoms with E-state index in [1.54, 1.807) is 12.3 Å². The Kier molecular flexibility index (Phi) is 4.76. The minimum atomic E-state index is -1.07. The predicted molar refractivity (Wildman–Crippen MR) is 83.8 cm³/mol. The van der Waals surface area contributed by atoms with Gasteiger partial charge in [-0.25, -0.2) is 4.79 Å². The van der Waals surface area contributed by atoms with Crippen LogP contribution in [0, 0.1) is 0 Å². The summed E-state index contributed by atoms with van der Waals surface area (Å²) in [6.45, 7) is 0. The number of anilines is 1. The fourth-order valence-electron chi connectivity index (χ4n) is 1.53. The van der Waals surface area contributed by atoms with Crippen LogP contribution in [0.4, 0.5) is 5.69 Å². The lowest BCUT2D eigenvalue weighted by molar-refractivity contribution is 0.0697. The monoisotopic (exact) mass is 352 g/mol. The van der Waals surface area contributed by atoms with Gasteiger partial charge in [0.15, 0.2) is 0 Å². The van der Waals surface area contributed by atoms with E-state index in [1.807, 2.05) is 24.3 Å². The zero-order valence-corrected chi connectivity index (χ0v) is 12.5. The van der Waals surface area contributed by atoms with Crippen molar-refractivity contribution in [2.75, 3.05) is 5.43 Å². The average Bonchev–Trinajstić information content (AvgIpc) is 2.40. The Morgan fingerprint density at radius 2 is 2.10 bits per heavy atom. The Morgan fingerprint density at radius 3 is 2.80 bits per heavy atom. The Labute approximate surface area is 129 Å². The first-order valence-electron chi connectivity index (χ1n) is 5.64. The van der Waals surface area contributed by atoms with Gasteiger partial charge < -0.3 is 5.11 Å². The molecule has 20 heavy (non-hydrogen) atoms. The average molecular weight is 354 g/mol. The maximum atomic E-state index is 11.0. The highest BCUT2D eigenvalue weighted by atomic mass is 79.9. The minimum Gasteiger partial charge on any atom is -0.478 e. The summed E-state index contributed by atoms with van der Waals surface area (Å²) in [7, 11) is 0. The van der Waals surface area contributed by atoms with Crippen LogP contribution in [-0.2, 0) is 0 Å². The zero-order chi connectivity index (χ0) is 14.5. The van der Waals surface area contributed by atoms with Gasteiger partial charge in [0.2, 0.25) is 0 Å². The van der Waals surface area contributed by atoms with E-state index in [0.717, 1.165) is 10.0 Å². The fourth-order valence-corrected chi connectivity index (χ4v) is 2.14. The molecule has 0 saturated heterocycles. The van der Waals surface area contributed by atoms with Gasteiger partial charge in [-0.05, 0) is 35.9 Å². The number of aromatic carboxylic acids is 1. The lowest BCUT2D eigenvalue weighted by atomic mass is 10.2. The standard InChI is InChI=1S/C14H10BrClN2O2/c15-10-3-1-2-9(6-10)8-17-18-11-4-5-13(16)12(7-11)14(19)20/h1-8,18H,(H,19,20)/b17-8-. The smallest absolute Gasteiger partial charge is 0.337 e. The van der Waals surface area contributed by atoms with Crippen LogP contribution in [0.5, 0.6) is 0 Å². The van der Waals surface area contributed by atoms with Crippen LogP contribution in [0.3, 0.4) is 0 Å². The summed E-state index contributed by atoms with van der Waals surface area (Å²) >= 11 is 9.16. The van der Waals surface area contributed by atoms with E-state index in [-0.39, 0.29) is 10.6 Å². The molecule has 0 heterocycles. The predicted octanol–water partition coefficient (Wildman–Crippen LogP) is 4.25. The van der Waals surface area contributed by atoms with Crippen LogP contribution >= 0.6 is 27.5 Å². The molecule has 0 bridgehead atoms. The summed E-state index contributed by atoms with van der Waals surface area (Å²) in [5, 5.41) is 13.2. The lowest BCUT2D eigenvalue weighted by Crippen LogP contribution is -1.99. The second-order valence-corrected chi connectivity index (χ2v) is 5.25. The summed E-state index contributed by atoms with van der Waals surface area (Å²) in [4.78, 5) is 11.0. The third kappa shape index (κ3) is 3.82. The van der Waals surface area contributed by atoms with Crippen molar-refractivity contribution in [2.24, 2.45) is 5.10 Å². The number of nitrogens with one attached hydrogen (secondary N) is 1. The molecule has 0 unspecified atom stereocenters. The highest BCUT2D eigenvalue weighted by molar-refractivity contribution is 9.10. The molecule has 0 fully saturated rings. The quantitative estimate of drug-likeness (QED) is 0.638. The molecule has 0 atom stereocenters. The van der Waals surface area contributed by atoms with Crippen LogP contribution in [0.2, 0.25) is 5.02 Å². The summed E-state index contributed by atoms with van der Waals surface area (Å²) in [6.07, 6.45) is 1.64.